The van der Waals surface area contributed by atoms with Crippen LogP contribution in [-0.4, -0.2) is 37.4 Å². The lowest BCUT2D eigenvalue weighted by Crippen LogP contribution is -2.28. The minimum Gasteiger partial charge on any atom is -0.477 e. The molecule has 0 spiro atoms. The second-order valence-electron chi connectivity index (χ2n) is 4.68. The van der Waals surface area contributed by atoms with Gasteiger partial charge in [0.2, 0.25) is 0 Å². The molecule has 1 aromatic heterocycles. The Morgan fingerprint density at radius 2 is 2.17 bits per heavy atom. The smallest absolute Gasteiger partial charge is 0.345 e. The monoisotopic (exact) mass is 289 g/mol. The lowest BCUT2D eigenvalue weighted by atomic mass is 10.3. The SMILES string of the molecule is CC1CC1CN(C)S(=O)(=O)c1ccc(C(=O)O)s1. The molecule has 0 amide bonds. The maximum absolute atomic E-state index is 12.2. The Balaban J connectivity index is 2.15. The van der Waals surface area contributed by atoms with Crippen molar-refractivity contribution in [1.29, 1.82) is 0 Å². The molecule has 0 aliphatic heterocycles. The van der Waals surface area contributed by atoms with Crippen molar-refractivity contribution in [2.75, 3.05) is 13.6 Å². The number of aromatic carboxylic acids is 1. The highest BCUT2D eigenvalue weighted by molar-refractivity contribution is 7.91. The first-order valence-electron chi connectivity index (χ1n) is 5.62. The highest BCUT2D eigenvalue weighted by Gasteiger charge is 2.36. The molecule has 1 saturated carbocycles. The van der Waals surface area contributed by atoms with Crippen LogP contribution in [-0.2, 0) is 10.0 Å². The molecular weight excluding hydrogens is 274 g/mol. The van der Waals surface area contributed by atoms with Gasteiger partial charge in [-0.15, -0.1) is 11.3 Å². The Hall–Kier alpha value is -0.920. The highest BCUT2D eigenvalue weighted by Crippen LogP contribution is 2.39. The van der Waals surface area contributed by atoms with Gasteiger partial charge in [-0.3, -0.25) is 0 Å². The summed E-state index contributed by atoms with van der Waals surface area (Å²) in [6, 6.07) is 2.68. The maximum atomic E-state index is 12.2. The zero-order valence-electron chi connectivity index (χ0n) is 10.2. The molecule has 0 saturated heterocycles. The van der Waals surface area contributed by atoms with Crippen LogP contribution in [0.3, 0.4) is 0 Å². The van der Waals surface area contributed by atoms with E-state index >= 15 is 0 Å². The van der Waals surface area contributed by atoms with Crippen LogP contribution in [0.25, 0.3) is 0 Å². The van der Waals surface area contributed by atoms with Crippen LogP contribution in [0.2, 0.25) is 0 Å². The van der Waals surface area contributed by atoms with Crippen LogP contribution < -0.4 is 0 Å². The van der Waals surface area contributed by atoms with Crippen LogP contribution in [0.1, 0.15) is 23.0 Å². The van der Waals surface area contributed by atoms with Gasteiger partial charge < -0.3 is 5.11 Å². The van der Waals surface area contributed by atoms with E-state index in [1.54, 1.807) is 7.05 Å². The third kappa shape index (κ3) is 2.57. The van der Waals surface area contributed by atoms with Crippen LogP contribution in [0.5, 0.6) is 0 Å². The van der Waals surface area contributed by atoms with Crippen molar-refractivity contribution in [1.82, 2.24) is 4.31 Å². The van der Waals surface area contributed by atoms with Crippen LogP contribution in [0, 0.1) is 11.8 Å². The number of hydrogen-bond acceptors (Lipinski definition) is 4. The Morgan fingerprint density at radius 3 is 2.61 bits per heavy atom. The summed E-state index contributed by atoms with van der Waals surface area (Å²) in [4.78, 5) is 10.8. The number of nitrogens with zero attached hydrogens (tertiary/aromatic N) is 1. The largest absolute Gasteiger partial charge is 0.477 e. The lowest BCUT2D eigenvalue weighted by molar-refractivity contribution is 0.0702. The van der Waals surface area contributed by atoms with Gasteiger partial charge in [0.1, 0.15) is 9.09 Å². The Morgan fingerprint density at radius 1 is 1.56 bits per heavy atom. The van der Waals surface area contributed by atoms with E-state index < -0.39 is 16.0 Å². The Labute approximate surface area is 110 Å². The fourth-order valence-corrected chi connectivity index (χ4v) is 4.39. The van der Waals surface area contributed by atoms with E-state index in [-0.39, 0.29) is 9.09 Å². The van der Waals surface area contributed by atoms with Gasteiger partial charge in [-0.1, -0.05) is 6.92 Å². The zero-order valence-corrected chi connectivity index (χ0v) is 11.8. The van der Waals surface area contributed by atoms with E-state index in [0.29, 0.717) is 18.4 Å². The van der Waals surface area contributed by atoms with Gasteiger partial charge in [0.15, 0.2) is 0 Å². The Bertz CT molecular complexity index is 563. The van der Waals surface area contributed by atoms with Gasteiger partial charge in [0.25, 0.3) is 10.0 Å². The number of rotatable bonds is 5. The minimum atomic E-state index is -3.54. The molecule has 2 atom stereocenters. The van der Waals surface area contributed by atoms with Crippen molar-refractivity contribution in [2.45, 2.75) is 17.6 Å². The van der Waals surface area contributed by atoms with E-state index in [4.69, 9.17) is 5.11 Å². The minimum absolute atomic E-state index is 0.0433. The van der Waals surface area contributed by atoms with Crippen molar-refractivity contribution in [3.63, 3.8) is 0 Å². The van der Waals surface area contributed by atoms with Gasteiger partial charge in [0.05, 0.1) is 0 Å². The molecule has 1 aromatic rings. The third-order valence-corrected chi connectivity index (χ3v) is 6.59. The van der Waals surface area contributed by atoms with Crippen molar-refractivity contribution < 1.29 is 18.3 Å². The summed E-state index contributed by atoms with van der Waals surface area (Å²) in [5, 5.41) is 8.79. The van der Waals surface area contributed by atoms with Crippen molar-refractivity contribution >= 4 is 27.3 Å². The predicted octanol–water partition coefficient (Wildman–Crippen LogP) is 1.72. The molecule has 0 aromatic carbocycles. The molecule has 2 unspecified atom stereocenters. The molecule has 1 aliphatic rings. The molecule has 18 heavy (non-hydrogen) atoms. The van der Waals surface area contributed by atoms with Crippen molar-refractivity contribution in [3.8, 4) is 0 Å². The summed E-state index contributed by atoms with van der Waals surface area (Å²) in [5.41, 5.74) is 0. The lowest BCUT2D eigenvalue weighted by Gasteiger charge is -2.15. The third-order valence-electron chi connectivity index (χ3n) is 3.22. The summed E-state index contributed by atoms with van der Waals surface area (Å²) in [6.45, 7) is 2.60. The van der Waals surface area contributed by atoms with Crippen LogP contribution in [0.4, 0.5) is 0 Å². The summed E-state index contributed by atoms with van der Waals surface area (Å²) in [7, 11) is -2.00. The van der Waals surface area contributed by atoms with Crippen molar-refractivity contribution in [3.05, 3.63) is 17.0 Å². The zero-order chi connectivity index (χ0) is 13.5. The molecule has 100 valence electrons. The number of carboxylic acid groups (broad SMARTS) is 1. The maximum Gasteiger partial charge on any atom is 0.345 e. The summed E-state index contributed by atoms with van der Waals surface area (Å²) in [5.74, 6) is -0.0795. The highest BCUT2D eigenvalue weighted by atomic mass is 32.2. The van der Waals surface area contributed by atoms with Gasteiger partial charge in [-0.25, -0.2) is 13.2 Å². The van der Waals surface area contributed by atoms with Gasteiger partial charge in [0, 0.05) is 13.6 Å². The van der Waals surface area contributed by atoms with E-state index in [1.807, 2.05) is 0 Å². The van der Waals surface area contributed by atoms with Crippen LogP contribution >= 0.6 is 11.3 Å². The van der Waals surface area contributed by atoms with Crippen molar-refractivity contribution in [2.24, 2.45) is 11.8 Å². The number of sulfonamides is 1. The number of carbonyl (C=O) groups is 1. The predicted molar refractivity (Wildman–Crippen MR) is 68.4 cm³/mol. The van der Waals surface area contributed by atoms with Gasteiger partial charge in [-0.05, 0) is 30.4 Å². The quantitative estimate of drug-likeness (QED) is 0.895. The fraction of sp³-hybridized carbons (Fsp3) is 0.545. The van der Waals surface area contributed by atoms with E-state index in [1.165, 1.54) is 16.4 Å². The van der Waals surface area contributed by atoms with Gasteiger partial charge in [-0.2, -0.15) is 4.31 Å². The first-order valence-corrected chi connectivity index (χ1v) is 7.87. The number of hydrogen-bond donors (Lipinski definition) is 1. The molecular formula is C11H15NO4S2. The molecule has 1 N–H and O–H groups in total. The number of carboxylic acids is 1. The standard InChI is InChI=1S/C11H15NO4S2/c1-7-5-8(7)6-12(2)18(15,16)10-4-3-9(17-10)11(13)14/h3-4,7-8H,5-6H2,1-2H3,(H,13,14). The summed E-state index contributed by atoms with van der Waals surface area (Å²) in [6.07, 6.45) is 1.06. The second kappa shape index (κ2) is 4.64. The average molecular weight is 289 g/mol. The van der Waals surface area contributed by atoms with E-state index in [2.05, 4.69) is 6.92 Å². The van der Waals surface area contributed by atoms with E-state index in [0.717, 1.165) is 17.8 Å². The first-order chi connectivity index (χ1) is 8.32. The normalized spacial score (nSPS) is 23.3. The fourth-order valence-electron chi connectivity index (χ4n) is 1.81. The van der Waals surface area contributed by atoms with E-state index in [9.17, 15) is 13.2 Å². The summed E-state index contributed by atoms with van der Waals surface area (Å²) < 4.78 is 25.8. The first kappa shape index (κ1) is 13.5. The summed E-state index contributed by atoms with van der Waals surface area (Å²) >= 11 is 0.795. The molecule has 5 nitrogen and oxygen atoms in total. The molecule has 7 heteroatoms. The molecule has 1 fully saturated rings. The topological polar surface area (TPSA) is 74.7 Å². The molecule has 2 rings (SSSR count). The molecule has 0 radical (unpaired) electrons. The van der Waals surface area contributed by atoms with Gasteiger partial charge >= 0.3 is 5.97 Å². The average Bonchev–Trinajstić information content (AvgIpc) is 2.83. The second-order valence-corrected chi connectivity index (χ2v) is 8.04. The Kier molecular flexibility index (Phi) is 3.48. The molecule has 1 heterocycles. The molecule has 0 bridgehead atoms. The number of thiophene rings is 1. The van der Waals surface area contributed by atoms with Crippen LogP contribution in [0.15, 0.2) is 16.3 Å². The molecule has 1 aliphatic carbocycles.